The van der Waals surface area contributed by atoms with Gasteiger partial charge in [-0.25, -0.2) is 5.43 Å². The summed E-state index contributed by atoms with van der Waals surface area (Å²) in [5, 5.41) is 6.58. The van der Waals surface area contributed by atoms with Crippen LogP contribution in [0.2, 0.25) is 0 Å². The van der Waals surface area contributed by atoms with Crippen molar-refractivity contribution in [2.24, 2.45) is 5.10 Å². The highest BCUT2D eigenvalue weighted by atomic mass is 127. The Kier molecular flexibility index (Phi) is 4.71. The Labute approximate surface area is 148 Å². The zero-order valence-electron chi connectivity index (χ0n) is 12.6. The number of carbonyl (C=O) groups is 1. The Morgan fingerprint density at radius 1 is 0.957 bits per heavy atom. The first-order valence-corrected chi connectivity index (χ1v) is 8.31. The topological polar surface area (TPSA) is 41.5 Å². The third kappa shape index (κ3) is 3.59. The molecule has 0 atom stereocenters. The number of rotatable bonds is 3. The first-order chi connectivity index (χ1) is 11.1. The van der Waals surface area contributed by atoms with Gasteiger partial charge in [-0.15, -0.1) is 0 Å². The minimum Gasteiger partial charge on any atom is -0.267 e. The van der Waals surface area contributed by atoms with Crippen molar-refractivity contribution in [3.63, 3.8) is 0 Å². The summed E-state index contributed by atoms with van der Waals surface area (Å²) in [6.45, 7) is 1.89. The van der Waals surface area contributed by atoms with E-state index in [-0.39, 0.29) is 5.91 Å². The molecule has 3 aromatic carbocycles. The van der Waals surface area contributed by atoms with Crippen LogP contribution in [0.4, 0.5) is 0 Å². The fraction of sp³-hybridized carbons (Fsp3) is 0.0526. The Morgan fingerprint density at radius 2 is 1.65 bits per heavy atom. The number of hydrazone groups is 1. The summed E-state index contributed by atoms with van der Waals surface area (Å²) in [5.74, 6) is -0.199. The number of nitrogens with one attached hydrogen (secondary N) is 1. The van der Waals surface area contributed by atoms with Gasteiger partial charge in [0.2, 0.25) is 0 Å². The van der Waals surface area contributed by atoms with E-state index < -0.39 is 0 Å². The molecule has 0 radical (unpaired) electrons. The quantitative estimate of drug-likeness (QED) is 0.380. The lowest BCUT2D eigenvalue weighted by atomic mass is 10.0. The summed E-state index contributed by atoms with van der Waals surface area (Å²) in [5.41, 5.74) is 5.02. The molecule has 1 amide bonds. The molecule has 0 bridgehead atoms. The average Bonchev–Trinajstić information content (AvgIpc) is 2.59. The molecule has 3 nitrogen and oxygen atoms in total. The van der Waals surface area contributed by atoms with Crippen LogP contribution in [0.3, 0.4) is 0 Å². The second-order valence-electron chi connectivity index (χ2n) is 5.18. The molecule has 0 saturated carbocycles. The van der Waals surface area contributed by atoms with Crippen molar-refractivity contribution < 1.29 is 4.79 Å². The molecule has 0 fully saturated rings. The number of nitrogens with zero attached hydrogens (tertiary/aromatic N) is 1. The molecule has 0 spiro atoms. The van der Waals surface area contributed by atoms with Crippen molar-refractivity contribution in [3.05, 3.63) is 81.4 Å². The highest BCUT2D eigenvalue weighted by Crippen LogP contribution is 2.16. The molecule has 0 aromatic heterocycles. The Morgan fingerprint density at radius 3 is 2.43 bits per heavy atom. The minimum atomic E-state index is -0.199. The third-order valence-electron chi connectivity index (χ3n) is 3.61. The van der Waals surface area contributed by atoms with E-state index in [9.17, 15) is 4.79 Å². The zero-order chi connectivity index (χ0) is 16.2. The summed E-state index contributed by atoms with van der Waals surface area (Å²) in [6.07, 6.45) is 0. The predicted molar refractivity (Wildman–Crippen MR) is 103 cm³/mol. The summed E-state index contributed by atoms with van der Waals surface area (Å²) < 4.78 is 0.904. The number of amides is 1. The highest BCUT2D eigenvalue weighted by molar-refractivity contribution is 14.1. The average molecular weight is 414 g/mol. The van der Waals surface area contributed by atoms with E-state index in [1.807, 2.05) is 43.3 Å². The molecule has 23 heavy (non-hydrogen) atoms. The van der Waals surface area contributed by atoms with Gasteiger partial charge in [-0.3, -0.25) is 4.79 Å². The van der Waals surface area contributed by atoms with Gasteiger partial charge in [0, 0.05) is 3.57 Å². The van der Waals surface area contributed by atoms with E-state index in [1.165, 1.54) is 5.39 Å². The number of benzene rings is 3. The second kappa shape index (κ2) is 6.91. The normalized spacial score (nSPS) is 11.5. The number of carbonyl (C=O) groups excluding carboxylic acids is 1. The molecule has 0 aliphatic heterocycles. The van der Waals surface area contributed by atoms with E-state index in [0.717, 1.165) is 20.2 Å². The standard InChI is InChI=1S/C19H15IN2O/c1-13(15-11-10-14-6-2-3-7-16(14)12-15)21-22-19(23)17-8-4-5-9-18(17)20/h2-12H,1H3,(H,22,23). The van der Waals surface area contributed by atoms with Gasteiger partial charge in [-0.05, 0) is 64.0 Å². The summed E-state index contributed by atoms with van der Waals surface area (Å²) in [4.78, 5) is 12.2. The molecule has 4 heteroatoms. The van der Waals surface area contributed by atoms with E-state index in [2.05, 4.69) is 57.4 Å². The summed E-state index contributed by atoms with van der Waals surface area (Å²) >= 11 is 2.14. The first kappa shape index (κ1) is 15.7. The van der Waals surface area contributed by atoms with Crippen LogP contribution in [0.5, 0.6) is 0 Å². The molecule has 0 aliphatic carbocycles. The fourth-order valence-electron chi connectivity index (χ4n) is 2.32. The maximum absolute atomic E-state index is 12.2. The van der Waals surface area contributed by atoms with Crippen LogP contribution in [-0.2, 0) is 0 Å². The van der Waals surface area contributed by atoms with Crippen molar-refractivity contribution in [3.8, 4) is 0 Å². The van der Waals surface area contributed by atoms with Gasteiger partial charge in [-0.1, -0.05) is 48.5 Å². The summed E-state index contributed by atoms with van der Waals surface area (Å²) in [6, 6.07) is 21.8. The molecule has 0 unspecified atom stereocenters. The molecule has 1 N–H and O–H groups in total. The van der Waals surface area contributed by atoms with Gasteiger partial charge in [0.15, 0.2) is 0 Å². The number of hydrogen-bond acceptors (Lipinski definition) is 2. The smallest absolute Gasteiger partial charge is 0.267 e. The van der Waals surface area contributed by atoms with E-state index in [0.29, 0.717) is 5.56 Å². The first-order valence-electron chi connectivity index (χ1n) is 7.23. The van der Waals surface area contributed by atoms with Crippen molar-refractivity contribution in [1.29, 1.82) is 0 Å². The lowest BCUT2D eigenvalue weighted by molar-refractivity contribution is 0.0954. The van der Waals surface area contributed by atoms with Crippen LogP contribution < -0.4 is 5.43 Å². The van der Waals surface area contributed by atoms with Crippen molar-refractivity contribution in [2.45, 2.75) is 6.92 Å². The van der Waals surface area contributed by atoms with E-state index >= 15 is 0 Å². The van der Waals surface area contributed by atoms with Gasteiger partial charge in [0.1, 0.15) is 0 Å². The summed E-state index contributed by atoms with van der Waals surface area (Å²) in [7, 11) is 0. The molecular formula is C19H15IN2O. The van der Waals surface area contributed by atoms with Crippen LogP contribution >= 0.6 is 22.6 Å². The molecule has 114 valence electrons. The molecular weight excluding hydrogens is 399 g/mol. The SMILES string of the molecule is CC(=NNC(=O)c1ccccc1I)c1ccc2ccccc2c1. The maximum atomic E-state index is 12.2. The zero-order valence-corrected chi connectivity index (χ0v) is 14.7. The van der Waals surface area contributed by atoms with Crippen LogP contribution in [0.15, 0.2) is 71.8 Å². The number of hydrogen-bond donors (Lipinski definition) is 1. The highest BCUT2D eigenvalue weighted by Gasteiger charge is 2.08. The molecule has 0 heterocycles. The maximum Gasteiger partial charge on any atom is 0.272 e. The second-order valence-corrected chi connectivity index (χ2v) is 6.34. The van der Waals surface area contributed by atoms with Crippen LogP contribution in [0.1, 0.15) is 22.8 Å². The van der Waals surface area contributed by atoms with Crippen molar-refractivity contribution in [2.75, 3.05) is 0 Å². The van der Waals surface area contributed by atoms with Crippen LogP contribution in [-0.4, -0.2) is 11.6 Å². The van der Waals surface area contributed by atoms with Gasteiger partial charge in [-0.2, -0.15) is 5.10 Å². The monoisotopic (exact) mass is 414 g/mol. The number of fused-ring (bicyclic) bond motifs is 1. The molecule has 3 aromatic rings. The Bertz CT molecular complexity index is 903. The predicted octanol–water partition coefficient (Wildman–Crippen LogP) is 4.60. The van der Waals surface area contributed by atoms with Crippen molar-refractivity contribution >= 4 is 45.0 Å². The minimum absolute atomic E-state index is 0.199. The Balaban J connectivity index is 1.81. The van der Waals surface area contributed by atoms with Gasteiger partial charge >= 0.3 is 0 Å². The van der Waals surface area contributed by atoms with E-state index in [1.54, 1.807) is 6.07 Å². The van der Waals surface area contributed by atoms with Gasteiger partial charge in [0.25, 0.3) is 5.91 Å². The van der Waals surface area contributed by atoms with Crippen LogP contribution in [0.25, 0.3) is 10.8 Å². The largest absolute Gasteiger partial charge is 0.272 e. The number of halogens is 1. The molecule has 0 saturated heterocycles. The lowest BCUT2D eigenvalue weighted by Gasteiger charge is -2.06. The third-order valence-corrected chi connectivity index (χ3v) is 4.55. The van der Waals surface area contributed by atoms with Gasteiger partial charge < -0.3 is 0 Å². The van der Waals surface area contributed by atoms with Crippen molar-refractivity contribution in [1.82, 2.24) is 5.43 Å². The lowest BCUT2D eigenvalue weighted by Crippen LogP contribution is -2.20. The van der Waals surface area contributed by atoms with E-state index in [4.69, 9.17) is 0 Å². The van der Waals surface area contributed by atoms with Gasteiger partial charge in [0.05, 0.1) is 11.3 Å². The Hall–Kier alpha value is -2.21. The molecule has 0 aliphatic rings. The van der Waals surface area contributed by atoms with Crippen LogP contribution in [0, 0.1) is 3.57 Å². The molecule has 3 rings (SSSR count). The fourth-order valence-corrected chi connectivity index (χ4v) is 2.95.